The molecule has 1 saturated heterocycles. The molecular formula is C23H34FN3O2. The highest BCUT2D eigenvalue weighted by atomic mass is 19.1. The molecule has 0 spiro atoms. The van der Waals surface area contributed by atoms with E-state index in [0.717, 1.165) is 51.6 Å². The molecule has 1 unspecified atom stereocenters. The van der Waals surface area contributed by atoms with Crippen LogP contribution < -0.4 is 0 Å². The first kappa shape index (κ1) is 22.0. The highest BCUT2D eigenvalue weighted by Gasteiger charge is 2.18. The summed E-state index contributed by atoms with van der Waals surface area (Å²) < 4.78 is 21.6. The van der Waals surface area contributed by atoms with Crippen LogP contribution in [-0.2, 0) is 17.8 Å². The summed E-state index contributed by atoms with van der Waals surface area (Å²) in [7, 11) is 0. The molecule has 0 bridgehead atoms. The summed E-state index contributed by atoms with van der Waals surface area (Å²) in [4.78, 5) is 4.73. The normalized spacial score (nSPS) is 16.6. The number of ether oxygens (including phenoxy) is 1. The van der Waals surface area contributed by atoms with Crippen LogP contribution in [0.25, 0.3) is 0 Å². The molecule has 1 fully saturated rings. The van der Waals surface area contributed by atoms with Gasteiger partial charge in [0.15, 0.2) is 0 Å². The molecule has 1 aromatic heterocycles. The Bertz CT molecular complexity index is 743. The molecular weight excluding hydrogens is 369 g/mol. The topological polar surface area (TPSA) is 40.9 Å². The molecule has 2 heterocycles. The second-order valence-electron chi connectivity index (χ2n) is 8.22. The Morgan fingerprint density at radius 3 is 2.62 bits per heavy atom. The van der Waals surface area contributed by atoms with Crippen LogP contribution in [0.15, 0.2) is 42.6 Å². The minimum atomic E-state index is -0.366. The van der Waals surface area contributed by atoms with Crippen LogP contribution in [0.1, 0.15) is 25.1 Å². The average molecular weight is 404 g/mol. The molecule has 1 atom stereocenters. The lowest BCUT2D eigenvalue weighted by molar-refractivity contribution is 0.0257. The summed E-state index contributed by atoms with van der Waals surface area (Å²) in [5.74, 6) is 0.0395. The Labute approximate surface area is 173 Å². The van der Waals surface area contributed by atoms with Gasteiger partial charge < -0.3 is 14.4 Å². The monoisotopic (exact) mass is 403 g/mol. The third-order valence-electron chi connectivity index (χ3n) is 5.66. The maximum absolute atomic E-state index is 14.1. The molecule has 1 N–H and O–H groups in total. The van der Waals surface area contributed by atoms with Crippen molar-refractivity contribution in [3.05, 3.63) is 59.7 Å². The van der Waals surface area contributed by atoms with Crippen LogP contribution in [0.5, 0.6) is 0 Å². The quantitative estimate of drug-likeness (QED) is 0.662. The highest BCUT2D eigenvalue weighted by Crippen LogP contribution is 2.14. The van der Waals surface area contributed by atoms with Gasteiger partial charge >= 0.3 is 0 Å². The van der Waals surface area contributed by atoms with Crippen LogP contribution in [0.4, 0.5) is 4.39 Å². The van der Waals surface area contributed by atoms with Crippen molar-refractivity contribution in [2.75, 3.05) is 45.9 Å². The number of rotatable bonds is 10. The predicted octanol–water partition coefficient (Wildman–Crippen LogP) is 2.83. The maximum atomic E-state index is 14.1. The van der Waals surface area contributed by atoms with Gasteiger partial charge in [-0.1, -0.05) is 32.0 Å². The Kier molecular flexibility index (Phi) is 8.24. The minimum Gasteiger partial charge on any atom is -0.392 e. The summed E-state index contributed by atoms with van der Waals surface area (Å²) in [6.45, 7) is 11.3. The molecule has 0 aliphatic carbocycles. The lowest BCUT2D eigenvalue weighted by Crippen LogP contribution is -2.43. The number of benzene rings is 1. The fraction of sp³-hybridized carbons (Fsp3) is 0.565. The number of aromatic nitrogens is 1. The van der Waals surface area contributed by atoms with Gasteiger partial charge in [0.2, 0.25) is 0 Å². The fourth-order valence-electron chi connectivity index (χ4n) is 3.60. The van der Waals surface area contributed by atoms with Gasteiger partial charge in [0.05, 0.1) is 25.9 Å². The third-order valence-corrected chi connectivity index (χ3v) is 5.66. The molecule has 160 valence electrons. The molecule has 0 amide bonds. The Morgan fingerprint density at radius 2 is 1.90 bits per heavy atom. The molecule has 6 heteroatoms. The Morgan fingerprint density at radius 1 is 1.14 bits per heavy atom. The number of aliphatic hydroxyl groups is 1. The van der Waals surface area contributed by atoms with E-state index in [1.807, 2.05) is 38.2 Å². The third kappa shape index (κ3) is 6.64. The van der Waals surface area contributed by atoms with E-state index in [4.69, 9.17) is 4.74 Å². The van der Waals surface area contributed by atoms with E-state index >= 15 is 0 Å². The predicted molar refractivity (Wildman–Crippen MR) is 113 cm³/mol. The number of nitrogens with zero attached hydrogens (tertiary/aromatic N) is 3. The minimum absolute atomic E-state index is 0.174. The molecule has 5 nitrogen and oxygen atoms in total. The first-order chi connectivity index (χ1) is 14.0. The van der Waals surface area contributed by atoms with Gasteiger partial charge in [-0.2, -0.15) is 0 Å². The van der Waals surface area contributed by atoms with Crippen LogP contribution in [-0.4, -0.2) is 71.5 Å². The second-order valence-corrected chi connectivity index (χ2v) is 8.22. The van der Waals surface area contributed by atoms with Crippen molar-refractivity contribution in [3.63, 3.8) is 0 Å². The SMILES string of the molecule is CC(C)C(O)CN(CCN1CCOCC1)Cc1cccn1Cc1ccccc1F. The summed E-state index contributed by atoms with van der Waals surface area (Å²) in [6.07, 6.45) is 1.63. The van der Waals surface area contributed by atoms with Crippen LogP contribution in [0, 0.1) is 11.7 Å². The molecule has 1 aromatic carbocycles. The lowest BCUT2D eigenvalue weighted by atomic mass is 10.1. The van der Waals surface area contributed by atoms with Crippen LogP contribution in [0.3, 0.4) is 0 Å². The summed E-state index contributed by atoms with van der Waals surface area (Å²) in [5.41, 5.74) is 1.82. The standard InChI is InChI=1S/C23H34FN3O2/c1-19(2)23(28)18-26(11-10-25-12-14-29-15-13-25)17-21-7-5-9-27(21)16-20-6-3-4-8-22(20)24/h3-9,19,23,28H,10-18H2,1-2H3. The van der Waals surface area contributed by atoms with Gasteiger partial charge in [-0.05, 0) is 24.1 Å². The van der Waals surface area contributed by atoms with E-state index in [1.54, 1.807) is 6.07 Å². The van der Waals surface area contributed by atoms with E-state index in [-0.39, 0.29) is 17.8 Å². The van der Waals surface area contributed by atoms with Gasteiger partial charge in [0.1, 0.15) is 5.82 Å². The summed E-state index contributed by atoms with van der Waals surface area (Å²) in [5, 5.41) is 10.5. The molecule has 1 aliphatic rings. The zero-order valence-corrected chi connectivity index (χ0v) is 17.6. The van der Waals surface area contributed by atoms with E-state index in [9.17, 15) is 9.50 Å². The van der Waals surface area contributed by atoms with Crippen LogP contribution in [0.2, 0.25) is 0 Å². The largest absolute Gasteiger partial charge is 0.392 e. The van der Waals surface area contributed by atoms with E-state index in [0.29, 0.717) is 18.7 Å². The van der Waals surface area contributed by atoms with E-state index in [1.165, 1.54) is 6.07 Å². The van der Waals surface area contributed by atoms with Crippen molar-refractivity contribution in [3.8, 4) is 0 Å². The number of aliphatic hydroxyl groups excluding tert-OH is 1. The van der Waals surface area contributed by atoms with Crippen molar-refractivity contribution >= 4 is 0 Å². The van der Waals surface area contributed by atoms with Crippen LogP contribution >= 0.6 is 0 Å². The van der Waals surface area contributed by atoms with Gasteiger partial charge in [-0.15, -0.1) is 0 Å². The van der Waals surface area contributed by atoms with Crippen molar-refractivity contribution in [2.24, 2.45) is 5.92 Å². The smallest absolute Gasteiger partial charge is 0.128 e. The Balaban J connectivity index is 1.66. The number of hydrogen-bond donors (Lipinski definition) is 1. The summed E-state index contributed by atoms with van der Waals surface area (Å²) >= 11 is 0. The first-order valence-electron chi connectivity index (χ1n) is 10.6. The number of hydrogen-bond acceptors (Lipinski definition) is 4. The fourth-order valence-corrected chi connectivity index (χ4v) is 3.60. The van der Waals surface area contributed by atoms with E-state index in [2.05, 4.69) is 20.4 Å². The zero-order valence-electron chi connectivity index (χ0n) is 17.6. The van der Waals surface area contributed by atoms with Crippen molar-refractivity contribution in [1.82, 2.24) is 14.4 Å². The number of halogens is 1. The van der Waals surface area contributed by atoms with Crippen molar-refractivity contribution < 1.29 is 14.2 Å². The lowest BCUT2D eigenvalue weighted by Gasteiger charge is -2.31. The van der Waals surface area contributed by atoms with Gasteiger partial charge in [-0.3, -0.25) is 9.80 Å². The average Bonchev–Trinajstić information content (AvgIpc) is 3.15. The highest BCUT2D eigenvalue weighted by molar-refractivity contribution is 5.19. The summed E-state index contributed by atoms with van der Waals surface area (Å²) in [6, 6.07) is 11.0. The molecule has 3 rings (SSSR count). The molecule has 29 heavy (non-hydrogen) atoms. The zero-order chi connectivity index (χ0) is 20.6. The van der Waals surface area contributed by atoms with Gasteiger partial charge in [-0.25, -0.2) is 4.39 Å². The molecule has 0 radical (unpaired) electrons. The Hall–Kier alpha value is -1.73. The second kappa shape index (κ2) is 10.9. The number of morpholine rings is 1. The van der Waals surface area contributed by atoms with E-state index < -0.39 is 0 Å². The van der Waals surface area contributed by atoms with Crippen molar-refractivity contribution in [2.45, 2.75) is 33.0 Å². The molecule has 2 aromatic rings. The first-order valence-corrected chi connectivity index (χ1v) is 10.6. The van der Waals surface area contributed by atoms with Gasteiger partial charge in [0.25, 0.3) is 0 Å². The van der Waals surface area contributed by atoms with Gasteiger partial charge in [0, 0.05) is 56.7 Å². The molecule has 0 saturated carbocycles. The molecule has 1 aliphatic heterocycles. The van der Waals surface area contributed by atoms with Crippen molar-refractivity contribution in [1.29, 1.82) is 0 Å². The maximum Gasteiger partial charge on any atom is 0.128 e.